The van der Waals surface area contributed by atoms with Gasteiger partial charge in [-0.05, 0) is 81.2 Å². The summed E-state index contributed by atoms with van der Waals surface area (Å²) < 4.78 is 55.2. The van der Waals surface area contributed by atoms with Crippen molar-refractivity contribution in [2.45, 2.75) is 50.5 Å². The van der Waals surface area contributed by atoms with E-state index in [2.05, 4.69) is 4.90 Å². The number of fused-ring (bicyclic) bond motifs is 1. The predicted molar refractivity (Wildman–Crippen MR) is 153 cm³/mol. The number of carbonyl (C=O) groups is 1. The number of halogens is 5. The summed E-state index contributed by atoms with van der Waals surface area (Å²) in [5, 5.41) is 1.21. The fourth-order valence-corrected chi connectivity index (χ4v) is 6.91. The van der Waals surface area contributed by atoms with Gasteiger partial charge in [-0.15, -0.1) is 11.3 Å². The van der Waals surface area contributed by atoms with E-state index in [4.69, 9.17) is 11.6 Å². The van der Waals surface area contributed by atoms with Gasteiger partial charge < -0.3 is 9.80 Å². The number of hydrogen-bond donors (Lipinski definition) is 0. The standard InChI is InChI=1S/C31H29ClF4N2OS/c1-37(2)23-12-14-24(15-13-23)38(30(39)29-28(32)25-5-3-4-6-27(25)40-29)18-21-17-20(9-16-26(21)33)19-7-10-22(11-8-19)31(34,35)36/h3-11,16-17,23-24H,12-15,18H2,1-2H3. The largest absolute Gasteiger partial charge is 0.416 e. The molecule has 1 aromatic heterocycles. The molecule has 3 nitrogen and oxygen atoms in total. The molecule has 1 amide bonds. The van der Waals surface area contributed by atoms with Crippen LogP contribution in [-0.2, 0) is 12.7 Å². The molecule has 9 heteroatoms. The molecule has 4 aromatic rings. The summed E-state index contributed by atoms with van der Waals surface area (Å²) in [6.07, 6.45) is -1.06. The van der Waals surface area contributed by atoms with Gasteiger partial charge in [0, 0.05) is 34.3 Å². The molecule has 210 valence electrons. The Morgan fingerprint density at radius 1 is 0.925 bits per heavy atom. The molecule has 1 saturated carbocycles. The van der Waals surface area contributed by atoms with Crippen LogP contribution in [0.3, 0.4) is 0 Å². The summed E-state index contributed by atoms with van der Waals surface area (Å²) >= 11 is 8.02. The fourth-order valence-electron chi connectivity index (χ4n) is 5.45. The lowest BCUT2D eigenvalue weighted by atomic mass is 9.89. The van der Waals surface area contributed by atoms with Crippen molar-refractivity contribution in [3.63, 3.8) is 0 Å². The third-order valence-electron chi connectivity index (χ3n) is 7.76. The van der Waals surface area contributed by atoms with Gasteiger partial charge in [0.25, 0.3) is 5.91 Å². The third kappa shape index (κ3) is 5.90. The minimum atomic E-state index is -4.44. The molecule has 3 aromatic carbocycles. The van der Waals surface area contributed by atoms with Crippen molar-refractivity contribution in [1.29, 1.82) is 0 Å². The SMILES string of the molecule is CN(C)C1CCC(N(Cc2cc(-c3ccc(C(F)(F)F)cc3)ccc2F)C(=O)c2sc3ccccc3c2Cl)CC1. The highest BCUT2D eigenvalue weighted by atomic mass is 35.5. The second kappa shape index (κ2) is 11.5. The van der Waals surface area contributed by atoms with Crippen molar-refractivity contribution < 1.29 is 22.4 Å². The number of carbonyl (C=O) groups excluding carboxylic acids is 1. The first-order chi connectivity index (χ1) is 19.0. The van der Waals surface area contributed by atoms with E-state index in [0.29, 0.717) is 32.6 Å². The maximum Gasteiger partial charge on any atom is 0.416 e. The van der Waals surface area contributed by atoms with Crippen LogP contribution in [0.2, 0.25) is 5.02 Å². The van der Waals surface area contributed by atoms with Gasteiger partial charge in [0.2, 0.25) is 0 Å². The third-order valence-corrected chi connectivity index (χ3v) is 9.42. The first-order valence-corrected chi connectivity index (χ1v) is 14.3. The van der Waals surface area contributed by atoms with E-state index in [1.807, 2.05) is 38.4 Å². The number of benzene rings is 3. The number of thiophene rings is 1. The van der Waals surface area contributed by atoms with Crippen LogP contribution in [0.5, 0.6) is 0 Å². The molecule has 0 atom stereocenters. The van der Waals surface area contributed by atoms with Crippen molar-refractivity contribution in [3.05, 3.63) is 93.6 Å². The van der Waals surface area contributed by atoms with E-state index in [-0.39, 0.29) is 18.5 Å². The van der Waals surface area contributed by atoms with Gasteiger partial charge in [-0.25, -0.2) is 4.39 Å². The summed E-state index contributed by atoms with van der Waals surface area (Å²) in [5.41, 5.74) is 0.668. The minimum Gasteiger partial charge on any atom is -0.330 e. The molecule has 1 aliphatic carbocycles. The van der Waals surface area contributed by atoms with Crippen molar-refractivity contribution in [3.8, 4) is 11.1 Å². The average molecular weight is 589 g/mol. The van der Waals surface area contributed by atoms with E-state index < -0.39 is 17.6 Å². The highest BCUT2D eigenvalue weighted by Gasteiger charge is 2.33. The van der Waals surface area contributed by atoms with Crippen LogP contribution in [0.15, 0.2) is 66.7 Å². The molecule has 1 fully saturated rings. The van der Waals surface area contributed by atoms with E-state index in [0.717, 1.165) is 47.9 Å². The van der Waals surface area contributed by atoms with Gasteiger partial charge in [0.1, 0.15) is 10.7 Å². The molecule has 0 saturated heterocycles. The van der Waals surface area contributed by atoms with Gasteiger partial charge in [-0.3, -0.25) is 4.79 Å². The van der Waals surface area contributed by atoms with Crippen LogP contribution < -0.4 is 0 Å². The first kappa shape index (κ1) is 28.6. The zero-order valence-electron chi connectivity index (χ0n) is 22.1. The highest BCUT2D eigenvalue weighted by Crippen LogP contribution is 2.38. The Kier molecular flexibility index (Phi) is 8.22. The van der Waals surface area contributed by atoms with E-state index in [1.54, 1.807) is 17.0 Å². The molecule has 0 spiro atoms. The summed E-state index contributed by atoms with van der Waals surface area (Å²) in [5.74, 6) is -0.711. The normalized spacial score (nSPS) is 17.9. The summed E-state index contributed by atoms with van der Waals surface area (Å²) in [6.45, 7) is 0.0288. The average Bonchev–Trinajstić information content (AvgIpc) is 3.28. The van der Waals surface area contributed by atoms with Crippen LogP contribution in [0.25, 0.3) is 21.2 Å². The lowest BCUT2D eigenvalue weighted by Crippen LogP contribution is -2.44. The van der Waals surface area contributed by atoms with Gasteiger partial charge in [0.15, 0.2) is 0 Å². The van der Waals surface area contributed by atoms with Gasteiger partial charge in [-0.2, -0.15) is 13.2 Å². The summed E-state index contributed by atoms with van der Waals surface area (Å²) in [6, 6.07) is 17.1. The Bertz CT molecular complexity index is 1510. The van der Waals surface area contributed by atoms with Crippen LogP contribution in [0, 0.1) is 5.82 Å². The van der Waals surface area contributed by atoms with Crippen LogP contribution in [-0.4, -0.2) is 41.9 Å². The maximum atomic E-state index is 15.2. The van der Waals surface area contributed by atoms with Gasteiger partial charge in [-0.1, -0.05) is 48.0 Å². The molecule has 0 aliphatic heterocycles. The lowest BCUT2D eigenvalue weighted by Gasteiger charge is -2.39. The summed E-state index contributed by atoms with van der Waals surface area (Å²) in [4.78, 5) is 18.4. The molecule has 0 N–H and O–H groups in total. The monoisotopic (exact) mass is 588 g/mol. The molecule has 1 heterocycles. The molecule has 1 aliphatic rings. The molecular weight excluding hydrogens is 560 g/mol. The predicted octanol–water partition coefficient (Wildman–Crippen LogP) is 8.89. The van der Waals surface area contributed by atoms with E-state index in [1.165, 1.54) is 29.5 Å². The van der Waals surface area contributed by atoms with Crippen molar-refractivity contribution in [2.75, 3.05) is 14.1 Å². The molecule has 40 heavy (non-hydrogen) atoms. The van der Waals surface area contributed by atoms with Crippen molar-refractivity contribution in [2.24, 2.45) is 0 Å². The molecule has 5 rings (SSSR count). The van der Waals surface area contributed by atoms with E-state index >= 15 is 4.39 Å². The summed E-state index contributed by atoms with van der Waals surface area (Å²) in [7, 11) is 4.10. The Labute approximate surface area is 240 Å². The fraction of sp³-hybridized carbons (Fsp3) is 0.323. The second-order valence-electron chi connectivity index (χ2n) is 10.5. The Morgan fingerprint density at radius 2 is 1.55 bits per heavy atom. The zero-order chi connectivity index (χ0) is 28.6. The number of alkyl halides is 3. The quantitative estimate of drug-likeness (QED) is 0.210. The zero-order valence-corrected chi connectivity index (χ0v) is 23.7. The van der Waals surface area contributed by atoms with Gasteiger partial charge in [0.05, 0.1) is 10.6 Å². The van der Waals surface area contributed by atoms with Crippen molar-refractivity contribution >= 4 is 38.9 Å². The topological polar surface area (TPSA) is 23.6 Å². The molecule has 0 unspecified atom stereocenters. The first-order valence-electron chi connectivity index (χ1n) is 13.1. The van der Waals surface area contributed by atoms with E-state index in [9.17, 15) is 18.0 Å². The molecule has 0 bridgehead atoms. The molecular formula is C31H29ClF4N2OS. The number of hydrogen-bond acceptors (Lipinski definition) is 3. The Hall–Kier alpha value is -2.94. The Balaban J connectivity index is 1.48. The smallest absolute Gasteiger partial charge is 0.330 e. The lowest BCUT2D eigenvalue weighted by molar-refractivity contribution is -0.137. The highest BCUT2D eigenvalue weighted by molar-refractivity contribution is 7.21. The number of rotatable bonds is 6. The second-order valence-corrected chi connectivity index (χ2v) is 11.9. The van der Waals surface area contributed by atoms with Crippen molar-refractivity contribution in [1.82, 2.24) is 9.80 Å². The number of amides is 1. The minimum absolute atomic E-state index is 0.0288. The molecule has 0 radical (unpaired) electrons. The van der Waals surface area contributed by atoms with Crippen LogP contribution in [0.4, 0.5) is 17.6 Å². The maximum absolute atomic E-state index is 15.2. The van der Waals surface area contributed by atoms with Crippen LogP contribution in [0.1, 0.15) is 46.5 Å². The number of nitrogens with zero attached hydrogens (tertiary/aromatic N) is 2. The Morgan fingerprint density at radius 3 is 2.17 bits per heavy atom. The van der Waals surface area contributed by atoms with Gasteiger partial charge >= 0.3 is 6.18 Å². The van der Waals surface area contributed by atoms with Crippen LogP contribution >= 0.6 is 22.9 Å².